The molecule has 0 atom stereocenters. The van der Waals surface area contributed by atoms with E-state index in [1.54, 1.807) is 7.11 Å². The Kier molecular flexibility index (Phi) is 4.72. The summed E-state index contributed by atoms with van der Waals surface area (Å²) in [7, 11) is 1.67. The maximum atomic E-state index is 5.11. The van der Waals surface area contributed by atoms with Crippen molar-refractivity contribution in [2.75, 3.05) is 20.2 Å². The molecule has 5 nitrogen and oxygen atoms in total. The first-order valence-corrected chi connectivity index (χ1v) is 5.97. The summed E-state index contributed by atoms with van der Waals surface area (Å²) in [6.07, 6.45) is 3.18. The first-order chi connectivity index (χ1) is 8.88. The second kappa shape index (κ2) is 6.76. The van der Waals surface area contributed by atoms with Crippen LogP contribution in [0.1, 0.15) is 11.5 Å². The summed E-state index contributed by atoms with van der Waals surface area (Å²) in [5.74, 6) is 1.56. The second-order valence-electron chi connectivity index (χ2n) is 3.93. The fourth-order valence-electron chi connectivity index (χ4n) is 1.65. The molecule has 0 unspecified atom stereocenters. The van der Waals surface area contributed by atoms with Crippen LogP contribution in [-0.2, 0) is 12.8 Å². The van der Waals surface area contributed by atoms with Crippen molar-refractivity contribution in [3.8, 4) is 5.75 Å². The summed E-state index contributed by atoms with van der Waals surface area (Å²) >= 11 is 0. The third kappa shape index (κ3) is 3.85. The van der Waals surface area contributed by atoms with Gasteiger partial charge in [-0.05, 0) is 30.7 Å². The molecule has 0 fully saturated rings. The lowest BCUT2D eigenvalue weighted by Gasteiger charge is -2.04. The van der Waals surface area contributed by atoms with Crippen LogP contribution in [0.5, 0.6) is 5.75 Å². The standard InChI is InChI=1S/C13H17N3O2/c1-17-12-4-2-11(3-5-12)6-8-14-9-7-13-15-10-16-18-13/h2-5,10,14H,6-9H2,1H3. The molecule has 1 heterocycles. The first-order valence-electron chi connectivity index (χ1n) is 5.97. The molecule has 0 bridgehead atoms. The van der Waals surface area contributed by atoms with E-state index in [1.165, 1.54) is 11.9 Å². The Bertz CT molecular complexity index is 440. The third-order valence-corrected chi connectivity index (χ3v) is 2.67. The van der Waals surface area contributed by atoms with E-state index in [2.05, 4.69) is 27.6 Å². The number of rotatable bonds is 7. The highest BCUT2D eigenvalue weighted by Gasteiger charge is 1.98. The average Bonchev–Trinajstić information content (AvgIpc) is 2.92. The minimum absolute atomic E-state index is 0.673. The van der Waals surface area contributed by atoms with E-state index in [0.717, 1.165) is 31.7 Å². The number of hydrogen-bond donors (Lipinski definition) is 1. The highest BCUT2D eigenvalue weighted by atomic mass is 16.5. The van der Waals surface area contributed by atoms with Gasteiger partial charge >= 0.3 is 0 Å². The topological polar surface area (TPSA) is 60.2 Å². The van der Waals surface area contributed by atoms with Crippen LogP contribution in [-0.4, -0.2) is 30.3 Å². The highest BCUT2D eigenvalue weighted by molar-refractivity contribution is 5.27. The number of ether oxygens (including phenoxy) is 1. The van der Waals surface area contributed by atoms with E-state index in [-0.39, 0.29) is 0 Å². The predicted molar refractivity (Wildman–Crippen MR) is 67.6 cm³/mol. The fourth-order valence-corrected chi connectivity index (χ4v) is 1.65. The van der Waals surface area contributed by atoms with Crippen molar-refractivity contribution in [1.82, 2.24) is 15.5 Å². The minimum Gasteiger partial charge on any atom is -0.497 e. The van der Waals surface area contributed by atoms with E-state index < -0.39 is 0 Å². The molecule has 0 aliphatic heterocycles. The van der Waals surface area contributed by atoms with Gasteiger partial charge in [-0.3, -0.25) is 0 Å². The summed E-state index contributed by atoms with van der Waals surface area (Å²) in [6, 6.07) is 8.12. The predicted octanol–water partition coefficient (Wildman–Crippen LogP) is 1.45. The Morgan fingerprint density at radius 2 is 1.94 bits per heavy atom. The molecule has 0 amide bonds. The fraction of sp³-hybridized carbons (Fsp3) is 0.385. The van der Waals surface area contributed by atoms with Crippen LogP contribution >= 0.6 is 0 Å². The van der Waals surface area contributed by atoms with Crippen molar-refractivity contribution < 1.29 is 9.26 Å². The van der Waals surface area contributed by atoms with E-state index in [0.29, 0.717) is 5.89 Å². The van der Waals surface area contributed by atoms with Crippen LogP contribution in [0.25, 0.3) is 0 Å². The molecule has 96 valence electrons. The van der Waals surface area contributed by atoms with E-state index >= 15 is 0 Å². The van der Waals surface area contributed by atoms with Gasteiger partial charge in [0.25, 0.3) is 0 Å². The Balaban J connectivity index is 1.62. The van der Waals surface area contributed by atoms with Gasteiger partial charge in [-0.1, -0.05) is 17.3 Å². The van der Waals surface area contributed by atoms with Crippen molar-refractivity contribution in [3.05, 3.63) is 42.0 Å². The Labute approximate surface area is 106 Å². The maximum absolute atomic E-state index is 5.11. The van der Waals surface area contributed by atoms with Gasteiger partial charge in [0.15, 0.2) is 6.33 Å². The summed E-state index contributed by atoms with van der Waals surface area (Å²) in [5.41, 5.74) is 1.29. The minimum atomic E-state index is 0.673. The van der Waals surface area contributed by atoms with Crippen LogP contribution in [0.2, 0.25) is 0 Å². The van der Waals surface area contributed by atoms with Gasteiger partial charge in [-0.15, -0.1) is 0 Å². The SMILES string of the molecule is COc1ccc(CCNCCc2ncno2)cc1. The van der Waals surface area contributed by atoms with Crippen LogP contribution in [0.3, 0.4) is 0 Å². The lowest BCUT2D eigenvalue weighted by atomic mass is 10.1. The summed E-state index contributed by atoms with van der Waals surface area (Å²) in [6.45, 7) is 1.78. The van der Waals surface area contributed by atoms with E-state index in [9.17, 15) is 0 Å². The van der Waals surface area contributed by atoms with Gasteiger partial charge in [0, 0.05) is 13.0 Å². The number of nitrogens with one attached hydrogen (secondary N) is 1. The Morgan fingerprint density at radius 3 is 2.61 bits per heavy atom. The molecular formula is C13H17N3O2. The molecular weight excluding hydrogens is 230 g/mol. The second-order valence-corrected chi connectivity index (χ2v) is 3.93. The molecule has 1 aromatic heterocycles. The third-order valence-electron chi connectivity index (χ3n) is 2.67. The van der Waals surface area contributed by atoms with Gasteiger partial charge in [0.2, 0.25) is 5.89 Å². The largest absolute Gasteiger partial charge is 0.497 e. The smallest absolute Gasteiger partial charge is 0.227 e. The zero-order valence-electron chi connectivity index (χ0n) is 10.4. The molecule has 0 saturated heterocycles. The van der Waals surface area contributed by atoms with Gasteiger partial charge in [-0.2, -0.15) is 4.98 Å². The normalized spacial score (nSPS) is 10.5. The lowest BCUT2D eigenvalue weighted by Crippen LogP contribution is -2.20. The molecule has 0 saturated carbocycles. The van der Waals surface area contributed by atoms with E-state index in [4.69, 9.17) is 9.26 Å². The molecule has 2 aromatic rings. The first kappa shape index (κ1) is 12.6. The molecule has 0 radical (unpaired) electrons. The molecule has 5 heteroatoms. The summed E-state index contributed by atoms with van der Waals surface area (Å²) in [4.78, 5) is 3.96. The lowest BCUT2D eigenvalue weighted by molar-refractivity contribution is 0.375. The van der Waals surface area contributed by atoms with E-state index in [1.807, 2.05) is 12.1 Å². The van der Waals surface area contributed by atoms with Gasteiger partial charge in [0.1, 0.15) is 5.75 Å². The maximum Gasteiger partial charge on any atom is 0.227 e. The van der Waals surface area contributed by atoms with Crippen LogP contribution in [0.15, 0.2) is 35.1 Å². The Hall–Kier alpha value is -1.88. The number of methoxy groups -OCH3 is 1. The van der Waals surface area contributed by atoms with Crippen molar-refractivity contribution in [1.29, 1.82) is 0 Å². The number of benzene rings is 1. The van der Waals surface area contributed by atoms with Gasteiger partial charge in [-0.25, -0.2) is 0 Å². The van der Waals surface area contributed by atoms with Crippen molar-refractivity contribution in [2.24, 2.45) is 0 Å². The number of nitrogens with zero attached hydrogens (tertiary/aromatic N) is 2. The molecule has 18 heavy (non-hydrogen) atoms. The van der Waals surface area contributed by atoms with Crippen LogP contribution in [0, 0.1) is 0 Å². The molecule has 1 aromatic carbocycles. The van der Waals surface area contributed by atoms with Crippen molar-refractivity contribution in [2.45, 2.75) is 12.8 Å². The Morgan fingerprint density at radius 1 is 1.17 bits per heavy atom. The van der Waals surface area contributed by atoms with Gasteiger partial charge in [0.05, 0.1) is 7.11 Å². The van der Waals surface area contributed by atoms with Crippen LogP contribution in [0.4, 0.5) is 0 Å². The zero-order valence-corrected chi connectivity index (χ0v) is 10.4. The van der Waals surface area contributed by atoms with Crippen LogP contribution < -0.4 is 10.1 Å². The molecule has 0 spiro atoms. The number of aromatic nitrogens is 2. The quantitative estimate of drug-likeness (QED) is 0.750. The van der Waals surface area contributed by atoms with Crippen molar-refractivity contribution >= 4 is 0 Å². The molecule has 2 rings (SSSR count). The molecule has 0 aliphatic carbocycles. The zero-order chi connectivity index (χ0) is 12.6. The van der Waals surface area contributed by atoms with Gasteiger partial charge < -0.3 is 14.6 Å². The van der Waals surface area contributed by atoms with Crippen molar-refractivity contribution in [3.63, 3.8) is 0 Å². The molecule has 0 aliphatic rings. The summed E-state index contributed by atoms with van der Waals surface area (Å²) < 4.78 is 10.0. The monoisotopic (exact) mass is 247 g/mol. The number of hydrogen-bond acceptors (Lipinski definition) is 5. The average molecular weight is 247 g/mol. The summed E-state index contributed by atoms with van der Waals surface area (Å²) in [5, 5.41) is 6.90. The highest BCUT2D eigenvalue weighted by Crippen LogP contribution is 2.11. The molecule has 1 N–H and O–H groups in total.